The van der Waals surface area contributed by atoms with Crippen molar-refractivity contribution in [3.05, 3.63) is 54.9 Å². The minimum atomic E-state index is 0.0460. The van der Waals surface area contributed by atoms with E-state index in [4.69, 9.17) is 0 Å². The van der Waals surface area contributed by atoms with Crippen LogP contribution in [-0.2, 0) is 24.3 Å². The van der Waals surface area contributed by atoms with Crippen LogP contribution in [0.4, 0.5) is 0 Å². The minimum Gasteiger partial charge on any atom is -0.311 e. The van der Waals surface area contributed by atoms with Gasteiger partial charge >= 0.3 is 0 Å². The maximum Gasteiger partial charge on any atom is 0.255 e. The van der Waals surface area contributed by atoms with Crippen molar-refractivity contribution in [3.63, 3.8) is 0 Å². The van der Waals surface area contributed by atoms with Gasteiger partial charge < -0.3 is 9.97 Å². The number of rotatable bonds is 0. The zero-order valence-corrected chi connectivity index (χ0v) is 15.4. The van der Waals surface area contributed by atoms with E-state index in [2.05, 4.69) is 19.9 Å². The summed E-state index contributed by atoms with van der Waals surface area (Å²) < 4.78 is 0. The van der Waals surface area contributed by atoms with E-state index < -0.39 is 0 Å². The molecule has 0 amide bonds. The van der Waals surface area contributed by atoms with Gasteiger partial charge in [-0.25, -0.2) is 9.97 Å². The van der Waals surface area contributed by atoms with Crippen LogP contribution in [0.25, 0.3) is 0 Å². The van der Waals surface area contributed by atoms with Crippen LogP contribution in [0, 0.1) is 13.8 Å². The summed E-state index contributed by atoms with van der Waals surface area (Å²) in [6.07, 6.45) is 1.87. The Morgan fingerprint density at radius 3 is 1.62 bits per heavy atom. The van der Waals surface area contributed by atoms with E-state index in [1.54, 1.807) is 23.5 Å². The SMILES string of the molecule is Cc1nc2c(c(=O)[nH]1)CSCC2.Cc1nc2c(c(=O)[nH]1)CSCC2. The molecule has 2 aromatic rings. The van der Waals surface area contributed by atoms with E-state index in [0.29, 0.717) is 0 Å². The molecule has 0 bridgehead atoms. The summed E-state index contributed by atoms with van der Waals surface area (Å²) in [7, 11) is 0. The quantitative estimate of drug-likeness (QED) is 0.740. The first-order valence-corrected chi connectivity index (χ1v) is 10.2. The van der Waals surface area contributed by atoms with Gasteiger partial charge in [0.2, 0.25) is 0 Å². The molecule has 2 aliphatic heterocycles. The molecule has 0 unspecified atom stereocenters. The van der Waals surface area contributed by atoms with Gasteiger partial charge in [-0.3, -0.25) is 9.59 Å². The van der Waals surface area contributed by atoms with Crippen LogP contribution >= 0.6 is 23.5 Å². The molecule has 2 N–H and O–H groups in total. The van der Waals surface area contributed by atoms with Crippen molar-refractivity contribution in [3.8, 4) is 0 Å². The highest BCUT2D eigenvalue weighted by Gasteiger charge is 2.15. The number of aryl methyl sites for hydroxylation is 4. The molecular weight excluding hydrogens is 344 g/mol. The molecule has 4 rings (SSSR count). The lowest BCUT2D eigenvalue weighted by molar-refractivity contribution is 0.891. The first kappa shape index (κ1) is 17.3. The highest BCUT2D eigenvalue weighted by Crippen LogP contribution is 2.20. The first-order chi connectivity index (χ1) is 11.5. The molecule has 4 heterocycles. The van der Waals surface area contributed by atoms with E-state index >= 15 is 0 Å². The normalized spacial score (nSPS) is 15.8. The van der Waals surface area contributed by atoms with Gasteiger partial charge in [-0.1, -0.05) is 0 Å². The number of fused-ring (bicyclic) bond motifs is 2. The molecule has 8 heteroatoms. The van der Waals surface area contributed by atoms with Crippen LogP contribution in [0.5, 0.6) is 0 Å². The second kappa shape index (κ2) is 7.57. The van der Waals surface area contributed by atoms with Gasteiger partial charge in [0.15, 0.2) is 0 Å². The molecule has 2 aliphatic rings. The van der Waals surface area contributed by atoms with Crippen LogP contribution in [0.3, 0.4) is 0 Å². The average Bonchev–Trinajstić information content (AvgIpc) is 2.55. The second-order valence-corrected chi connectivity index (χ2v) is 7.97. The van der Waals surface area contributed by atoms with Crippen molar-refractivity contribution >= 4 is 23.5 Å². The molecule has 0 aliphatic carbocycles. The summed E-state index contributed by atoms with van der Waals surface area (Å²) in [4.78, 5) is 36.8. The highest BCUT2D eigenvalue weighted by atomic mass is 32.2. The van der Waals surface area contributed by atoms with E-state index in [9.17, 15) is 9.59 Å². The zero-order chi connectivity index (χ0) is 17.1. The molecule has 0 fully saturated rings. The number of aromatic amines is 2. The molecule has 0 saturated heterocycles. The van der Waals surface area contributed by atoms with Crippen LogP contribution in [0.2, 0.25) is 0 Å². The molecule has 128 valence electrons. The Morgan fingerprint density at radius 1 is 0.792 bits per heavy atom. The molecule has 0 saturated carbocycles. The zero-order valence-electron chi connectivity index (χ0n) is 13.8. The molecule has 0 spiro atoms. The summed E-state index contributed by atoms with van der Waals surface area (Å²) in [5.41, 5.74) is 3.83. The largest absolute Gasteiger partial charge is 0.311 e. The summed E-state index contributed by atoms with van der Waals surface area (Å²) in [6, 6.07) is 0. The highest BCUT2D eigenvalue weighted by molar-refractivity contribution is 7.98. The van der Waals surface area contributed by atoms with Gasteiger partial charge in [0.25, 0.3) is 11.1 Å². The Hall–Kier alpha value is -1.54. The average molecular weight is 364 g/mol. The molecule has 0 aromatic carbocycles. The monoisotopic (exact) mass is 364 g/mol. The number of nitrogens with one attached hydrogen (secondary N) is 2. The smallest absolute Gasteiger partial charge is 0.255 e. The fraction of sp³-hybridized carbons (Fsp3) is 0.500. The van der Waals surface area contributed by atoms with Crippen molar-refractivity contribution in [1.82, 2.24) is 19.9 Å². The maximum atomic E-state index is 11.4. The summed E-state index contributed by atoms with van der Waals surface area (Å²) in [5, 5.41) is 0. The van der Waals surface area contributed by atoms with Crippen molar-refractivity contribution in [2.75, 3.05) is 11.5 Å². The van der Waals surface area contributed by atoms with E-state index in [0.717, 1.165) is 70.0 Å². The van der Waals surface area contributed by atoms with Crippen LogP contribution in [0.15, 0.2) is 9.59 Å². The van der Waals surface area contributed by atoms with Crippen molar-refractivity contribution < 1.29 is 0 Å². The first-order valence-electron chi connectivity index (χ1n) is 7.87. The van der Waals surface area contributed by atoms with E-state index in [1.807, 2.05) is 13.8 Å². The molecular formula is C16H20N4O2S2. The number of hydrogen-bond acceptors (Lipinski definition) is 6. The van der Waals surface area contributed by atoms with Crippen molar-refractivity contribution in [2.24, 2.45) is 0 Å². The van der Waals surface area contributed by atoms with Crippen LogP contribution in [-0.4, -0.2) is 31.4 Å². The molecule has 0 atom stereocenters. The Morgan fingerprint density at radius 2 is 1.21 bits per heavy atom. The number of hydrogen-bond donors (Lipinski definition) is 2. The number of aromatic nitrogens is 4. The summed E-state index contributed by atoms with van der Waals surface area (Å²) >= 11 is 3.60. The molecule has 24 heavy (non-hydrogen) atoms. The molecule has 0 radical (unpaired) electrons. The predicted octanol–water partition coefficient (Wildman–Crippen LogP) is 1.74. The third-order valence-corrected chi connectivity index (χ3v) is 5.87. The van der Waals surface area contributed by atoms with Gasteiger partial charge in [0.05, 0.1) is 11.4 Å². The summed E-state index contributed by atoms with van der Waals surface area (Å²) in [6.45, 7) is 3.65. The Balaban J connectivity index is 0.000000141. The van der Waals surface area contributed by atoms with Crippen molar-refractivity contribution in [2.45, 2.75) is 38.2 Å². The lowest BCUT2D eigenvalue weighted by Crippen LogP contribution is -2.21. The topological polar surface area (TPSA) is 91.5 Å². The fourth-order valence-electron chi connectivity index (χ4n) is 2.73. The minimum absolute atomic E-state index is 0.0460. The fourth-order valence-corrected chi connectivity index (χ4v) is 4.70. The number of thioether (sulfide) groups is 2. The Labute approximate surface area is 148 Å². The maximum absolute atomic E-state index is 11.4. The number of nitrogens with zero attached hydrogens (tertiary/aromatic N) is 2. The standard InChI is InChI=1S/2C8H10N2OS/c2*1-5-9-7-2-3-12-4-6(7)8(11)10-5/h2*2-4H2,1H3,(H,9,10,11). The third kappa shape index (κ3) is 3.92. The van der Waals surface area contributed by atoms with E-state index in [-0.39, 0.29) is 11.1 Å². The third-order valence-electron chi connectivity index (χ3n) is 3.90. The number of H-pyrrole nitrogens is 2. The van der Waals surface area contributed by atoms with Gasteiger partial charge in [0.1, 0.15) is 11.6 Å². The molecule has 6 nitrogen and oxygen atoms in total. The predicted molar refractivity (Wildman–Crippen MR) is 98.9 cm³/mol. The van der Waals surface area contributed by atoms with Crippen LogP contribution in [0.1, 0.15) is 34.2 Å². The van der Waals surface area contributed by atoms with Gasteiger partial charge in [-0.2, -0.15) is 23.5 Å². The summed E-state index contributed by atoms with van der Waals surface area (Å²) in [5.74, 6) is 5.26. The van der Waals surface area contributed by atoms with E-state index in [1.165, 1.54) is 0 Å². The van der Waals surface area contributed by atoms with Crippen LogP contribution < -0.4 is 11.1 Å². The second-order valence-electron chi connectivity index (χ2n) is 5.76. The van der Waals surface area contributed by atoms with Gasteiger partial charge in [0, 0.05) is 22.6 Å². The van der Waals surface area contributed by atoms with Gasteiger partial charge in [-0.05, 0) is 38.2 Å². The lowest BCUT2D eigenvalue weighted by atomic mass is 10.2. The Bertz CT molecular complexity index is 789. The van der Waals surface area contributed by atoms with Crippen molar-refractivity contribution in [1.29, 1.82) is 0 Å². The Kier molecular flexibility index (Phi) is 5.45. The van der Waals surface area contributed by atoms with Gasteiger partial charge in [-0.15, -0.1) is 0 Å². The molecule has 2 aromatic heterocycles. The lowest BCUT2D eigenvalue weighted by Gasteiger charge is -2.12.